The number of hydrogen-bond acceptors (Lipinski definition) is 1. The number of halogens is 5. The van der Waals surface area contributed by atoms with Crippen LogP contribution in [0.5, 0.6) is 0 Å². The van der Waals surface area contributed by atoms with Crippen molar-refractivity contribution in [3.63, 3.8) is 0 Å². The van der Waals surface area contributed by atoms with Gasteiger partial charge in [0.25, 0.3) is 0 Å². The van der Waals surface area contributed by atoms with Crippen LogP contribution in [0.3, 0.4) is 0 Å². The highest BCUT2D eigenvalue weighted by atomic mass is 35.5. The maximum atomic E-state index is 12.7. The summed E-state index contributed by atoms with van der Waals surface area (Å²) in [6.07, 6.45) is -4.79. The number of hydrogen-bond donors (Lipinski definition) is 1. The summed E-state index contributed by atoms with van der Waals surface area (Å²) in [6.45, 7) is 0. The Morgan fingerprint density at radius 1 is 1.23 bits per heavy atom. The summed E-state index contributed by atoms with van der Waals surface area (Å²) < 4.78 is 49.0. The molecule has 0 aliphatic carbocycles. The van der Waals surface area contributed by atoms with Gasteiger partial charge in [0.05, 0.1) is 0 Å². The van der Waals surface area contributed by atoms with Gasteiger partial charge in [0.2, 0.25) is 0 Å². The average molecular weight is 214 g/mol. The number of nitrogens with two attached hydrogens (primary N) is 1. The second kappa shape index (κ2) is 3.06. The van der Waals surface area contributed by atoms with E-state index < -0.39 is 23.2 Å². The normalized spacial score (nSPS) is 11.8. The lowest BCUT2D eigenvalue weighted by Gasteiger charge is -2.10. The molecular formula is C7H4ClF4N. The minimum atomic E-state index is -4.79. The van der Waals surface area contributed by atoms with Crippen LogP contribution in [0, 0.1) is 5.82 Å². The molecule has 0 amide bonds. The Balaban J connectivity index is 3.38. The second-order valence-electron chi connectivity index (χ2n) is 2.35. The van der Waals surface area contributed by atoms with Crippen molar-refractivity contribution in [2.45, 2.75) is 6.18 Å². The summed E-state index contributed by atoms with van der Waals surface area (Å²) in [5.74, 6) is -1.46. The third kappa shape index (κ3) is 2.03. The van der Waals surface area contributed by atoms with Gasteiger partial charge in [-0.25, -0.2) is 4.39 Å². The highest BCUT2D eigenvalue weighted by Gasteiger charge is 2.36. The maximum Gasteiger partial charge on any atom is 0.421 e. The number of benzene rings is 1. The van der Waals surface area contributed by atoms with Gasteiger partial charge >= 0.3 is 6.18 Å². The van der Waals surface area contributed by atoms with Crippen LogP contribution in [0.4, 0.5) is 23.2 Å². The third-order valence-corrected chi connectivity index (χ3v) is 1.59. The first-order valence-corrected chi connectivity index (χ1v) is 3.52. The number of alkyl halides is 3. The highest BCUT2D eigenvalue weighted by molar-refractivity contribution is 6.30. The van der Waals surface area contributed by atoms with Crippen molar-refractivity contribution in [2.75, 3.05) is 5.73 Å². The summed E-state index contributed by atoms with van der Waals surface area (Å²) in [4.78, 5) is 0. The highest BCUT2D eigenvalue weighted by Crippen LogP contribution is 2.36. The Hall–Kier alpha value is -0.970. The molecule has 0 atom stereocenters. The lowest BCUT2D eigenvalue weighted by Crippen LogP contribution is -2.11. The molecule has 72 valence electrons. The van der Waals surface area contributed by atoms with E-state index in [4.69, 9.17) is 17.3 Å². The smallest absolute Gasteiger partial charge is 0.398 e. The molecule has 0 aliphatic rings. The van der Waals surface area contributed by atoms with Crippen LogP contribution < -0.4 is 5.73 Å². The van der Waals surface area contributed by atoms with Gasteiger partial charge in [-0.15, -0.1) is 0 Å². The van der Waals surface area contributed by atoms with Crippen molar-refractivity contribution in [3.05, 3.63) is 28.5 Å². The topological polar surface area (TPSA) is 26.0 Å². The first kappa shape index (κ1) is 10.1. The molecule has 0 radical (unpaired) electrons. The van der Waals surface area contributed by atoms with E-state index in [9.17, 15) is 17.6 Å². The third-order valence-electron chi connectivity index (χ3n) is 1.37. The van der Waals surface area contributed by atoms with Gasteiger partial charge in [0.15, 0.2) is 0 Å². The van der Waals surface area contributed by atoms with Gasteiger partial charge in [-0.05, 0) is 12.1 Å². The molecule has 0 unspecified atom stereocenters. The predicted molar refractivity (Wildman–Crippen MR) is 40.8 cm³/mol. The Labute approximate surface area is 76.1 Å². The van der Waals surface area contributed by atoms with E-state index in [0.717, 1.165) is 6.07 Å². The summed E-state index contributed by atoms with van der Waals surface area (Å²) >= 11 is 5.28. The molecule has 0 heterocycles. The van der Waals surface area contributed by atoms with E-state index in [-0.39, 0.29) is 5.02 Å². The molecule has 0 aliphatic heterocycles. The van der Waals surface area contributed by atoms with Crippen molar-refractivity contribution in [3.8, 4) is 0 Å². The first-order chi connectivity index (χ1) is 5.82. The van der Waals surface area contributed by atoms with E-state index in [0.29, 0.717) is 6.07 Å². The average Bonchev–Trinajstić information content (AvgIpc) is 1.78. The minimum Gasteiger partial charge on any atom is -0.398 e. The molecule has 0 saturated carbocycles. The maximum absolute atomic E-state index is 12.7. The Morgan fingerprint density at radius 2 is 1.77 bits per heavy atom. The predicted octanol–water partition coefficient (Wildman–Crippen LogP) is 3.08. The minimum absolute atomic E-state index is 0.164. The summed E-state index contributed by atoms with van der Waals surface area (Å²) in [5, 5.41) is -0.164. The molecule has 0 spiro atoms. The van der Waals surface area contributed by atoms with Crippen molar-refractivity contribution < 1.29 is 17.6 Å². The lowest BCUT2D eigenvalue weighted by atomic mass is 10.1. The van der Waals surface area contributed by atoms with Crippen LogP contribution >= 0.6 is 11.6 Å². The van der Waals surface area contributed by atoms with Crippen molar-refractivity contribution in [1.82, 2.24) is 0 Å². The number of anilines is 1. The first-order valence-electron chi connectivity index (χ1n) is 3.14. The molecule has 6 heteroatoms. The lowest BCUT2D eigenvalue weighted by molar-refractivity contribution is -0.139. The number of nitrogen functional groups attached to an aromatic ring is 1. The van der Waals surface area contributed by atoms with Gasteiger partial charge in [-0.3, -0.25) is 0 Å². The Kier molecular flexibility index (Phi) is 2.38. The van der Waals surface area contributed by atoms with Gasteiger partial charge in [-0.2, -0.15) is 13.2 Å². The monoisotopic (exact) mass is 213 g/mol. The number of rotatable bonds is 0. The van der Waals surface area contributed by atoms with Gasteiger partial charge < -0.3 is 5.73 Å². The fourth-order valence-corrected chi connectivity index (χ4v) is 1.11. The fraction of sp³-hybridized carbons (Fsp3) is 0.143. The zero-order chi connectivity index (χ0) is 10.2. The molecule has 2 N–H and O–H groups in total. The molecule has 1 aromatic carbocycles. The molecule has 1 nitrogen and oxygen atoms in total. The molecule has 13 heavy (non-hydrogen) atoms. The Bertz CT molecular complexity index is 311. The molecule has 1 aromatic rings. The molecular weight excluding hydrogens is 210 g/mol. The van der Waals surface area contributed by atoms with E-state index in [1.54, 1.807) is 0 Å². The van der Waals surface area contributed by atoms with Gasteiger partial charge in [-0.1, -0.05) is 11.6 Å². The SMILES string of the molecule is Nc1cc(Cl)cc(F)c1C(F)(F)F. The molecule has 0 saturated heterocycles. The largest absolute Gasteiger partial charge is 0.421 e. The summed E-state index contributed by atoms with van der Waals surface area (Å²) in [7, 11) is 0. The standard InChI is InChI=1S/C7H4ClF4N/c8-3-1-4(9)6(5(13)2-3)7(10,11)12/h1-2H,13H2. The van der Waals surface area contributed by atoms with E-state index in [2.05, 4.69) is 0 Å². The van der Waals surface area contributed by atoms with Gasteiger partial charge in [0, 0.05) is 10.7 Å². The van der Waals surface area contributed by atoms with Gasteiger partial charge in [0.1, 0.15) is 11.4 Å². The Morgan fingerprint density at radius 3 is 2.15 bits per heavy atom. The molecule has 0 bridgehead atoms. The van der Waals surface area contributed by atoms with Crippen molar-refractivity contribution in [2.24, 2.45) is 0 Å². The van der Waals surface area contributed by atoms with E-state index in [1.165, 1.54) is 0 Å². The van der Waals surface area contributed by atoms with Crippen molar-refractivity contribution >= 4 is 17.3 Å². The summed E-state index contributed by atoms with van der Waals surface area (Å²) in [6, 6.07) is 1.42. The van der Waals surface area contributed by atoms with Crippen LogP contribution in [0.25, 0.3) is 0 Å². The quantitative estimate of drug-likeness (QED) is 0.520. The molecule has 0 aromatic heterocycles. The summed E-state index contributed by atoms with van der Waals surface area (Å²) in [5.41, 5.74) is 2.78. The van der Waals surface area contributed by atoms with Crippen molar-refractivity contribution in [1.29, 1.82) is 0 Å². The molecule has 1 rings (SSSR count). The molecule has 0 fully saturated rings. The van der Waals surface area contributed by atoms with E-state index >= 15 is 0 Å². The van der Waals surface area contributed by atoms with Crippen LogP contribution in [-0.2, 0) is 6.18 Å². The van der Waals surface area contributed by atoms with Crippen LogP contribution in [0.1, 0.15) is 5.56 Å². The second-order valence-corrected chi connectivity index (χ2v) is 2.79. The zero-order valence-electron chi connectivity index (χ0n) is 6.12. The fourth-order valence-electron chi connectivity index (χ4n) is 0.893. The van der Waals surface area contributed by atoms with E-state index in [1.807, 2.05) is 0 Å². The zero-order valence-corrected chi connectivity index (χ0v) is 6.88. The van der Waals surface area contributed by atoms with Crippen LogP contribution in [0.2, 0.25) is 5.02 Å². The van der Waals surface area contributed by atoms with Crippen LogP contribution in [-0.4, -0.2) is 0 Å². The van der Waals surface area contributed by atoms with Crippen LogP contribution in [0.15, 0.2) is 12.1 Å².